The topological polar surface area (TPSA) is 12.4 Å². The Hall–Kier alpha value is -1.67. The van der Waals surface area contributed by atoms with E-state index >= 15 is 0 Å². The van der Waals surface area contributed by atoms with Crippen molar-refractivity contribution in [3.05, 3.63) is 65.2 Å². The summed E-state index contributed by atoms with van der Waals surface area (Å²) in [6.07, 6.45) is 0. The molecule has 0 aliphatic rings. The van der Waals surface area contributed by atoms with Crippen LogP contribution in [0.1, 0.15) is 5.56 Å². The first-order valence-corrected chi connectivity index (χ1v) is 5.62. The molecule has 0 unspecified atom stereocenters. The molecule has 0 aromatic heterocycles. The molecule has 3 heteroatoms. The normalized spacial score (nSPS) is 11.5. The molecule has 0 bridgehead atoms. The summed E-state index contributed by atoms with van der Waals surface area (Å²) in [6.45, 7) is -0.591. The zero-order valence-electron chi connectivity index (χ0n) is 9.11. The Labute approximate surface area is 105 Å². The first kappa shape index (κ1) is 11.8. The van der Waals surface area contributed by atoms with E-state index in [9.17, 15) is 4.39 Å². The van der Waals surface area contributed by atoms with E-state index in [2.05, 4.69) is 4.99 Å². The van der Waals surface area contributed by atoms with Crippen molar-refractivity contribution in [2.45, 2.75) is 0 Å². The van der Waals surface area contributed by atoms with Gasteiger partial charge in [0, 0.05) is 5.02 Å². The number of benzene rings is 2. The van der Waals surface area contributed by atoms with Crippen molar-refractivity contribution < 1.29 is 4.39 Å². The summed E-state index contributed by atoms with van der Waals surface area (Å²) in [4.78, 5) is 4.27. The number of hydrogen-bond donors (Lipinski definition) is 0. The zero-order chi connectivity index (χ0) is 12.1. The van der Waals surface area contributed by atoms with Gasteiger partial charge in [-0.05, 0) is 29.8 Å². The smallest absolute Gasteiger partial charge is 0.132 e. The number of rotatable bonds is 3. The maximum absolute atomic E-state index is 13.0. The van der Waals surface area contributed by atoms with E-state index in [1.165, 1.54) is 0 Å². The quantitative estimate of drug-likeness (QED) is 0.712. The van der Waals surface area contributed by atoms with Gasteiger partial charge >= 0.3 is 0 Å². The lowest BCUT2D eigenvalue weighted by Gasteiger charge is -2.02. The van der Waals surface area contributed by atoms with Gasteiger partial charge in [0.05, 0.1) is 11.4 Å². The van der Waals surface area contributed by atoms with Gasteiger partial charge in [-0.25, -0.2) is 4.39 Å². The summed E-state index contributed by atoms with van der Waals surface area (Å²) in [5, 5.41) is 0.644. The molecule has 86 valence electrons. The van der Waals surface area contributed by atoms with Crippen molar-refractivity contribution in [2.75, 3.05) is 6.67 Å². The van der Waals surface area contributed by atoms with Gasteiger partial charge in [-0.2, -0.15) is 0 Å². The summed E-state index contributed by atoms with van der Waals surface area (Å²) < 4.78 is 13.0. The van der Waals surface area contributed by atoms with E-state index in [4.69, 9.17) is 11.6 Å². The highest BCUT2D eigenvalue weighted by molar-refractivity contribution is 6.30. The Balaban J connectivity index is 2.33. The summed E-state index contributed by atoms with van der Waals surface area (Å²) in [6, 6.07) is 16.3. The lowest BCUT2D eigenvalue weighted by molar-refractivity contribution is 0.582. The standard InChI is InChI=1S/C14H11ClFN/c15-12-6-8-13(9-7-12)17-14(10-16)11-4-2-1-3-5-11/h1-9H,10H2. The van der Waals surface area contributed by atoms with E-state index in [1.54, 1.807) is 24.3 Å². The molecule has 0 aliphatic heterocycles. The van der Waals surface area contributed by atoms with Gasteiger partial charge < -0.3 is 0 Å². The van der Waals surface area contributed by atoms with Gasteiger partial charge in [0.2, 0.25) is 0 Å². The third-order valence-corrected chi connectivity index (χ3v) is 2.58. The van der Waals surface area contributed by atoms with Gasteiger partial charge in [-0.15, -0.1) is 0 Å². The molecule has 2 aromatic rings. The molecular weight excluding hydrogens is 237 g/mol. The molecule has 0 spiro atoms. The largest absolute Gasteiger partial charge is 0.250 e. The second-order valence-corrected chi connectivity index (χ2v) is 3.97. The van der Waals surface area contributed by atoms with Crippen molar-refractivity contribution in [3.63, 3.8) is 0 Å². The Kier molecular flexibility index (Phi) is 3.89. The lowest BCUT2D eigenvalue weighted by Crippen LogP contribution is -2.02. The van der Waals surface area contributed by atoms with Crippen LogP contribution in [0.5, 0.6) is 0 Å². The number of halogens is 2. The third kappa shape index (κ3) is 3.14. The first-order valence-electron chi connectivity index (χ1n) is 5.24. The van der Waals surface area contributed by atoms with Crippen LogP contribution in [-0.2, 0) is 0 Å². The molecule has 17 heavy (non-hydrogen) atoms. The van der Waals surface area contributed by atoms with E-state index in [0.717, 1.165) is 5.56 Å². The molecule has 0 saturated carbocycles. The molecule has 0 radical (unpaired) electrons. The van der Waals surface area contributed by atoms with Crippen molar-refractivity contribution in [2.24, 2.45) is 4.99 Å². The predicted octanol–water partition coefficient (Wildman–Crippen LogP) is 4.43. The van der Waals surface area contributed by atoms with E-state index < -0.39 is 6.67 Å². The van der Waals surface area contributed by atoms with Gasteiger partial charge in [-0.1, -0.05) is 41.9 Å². The minimum absolute atomic E-state index is 0.424. The van der Waals surface area contributed by atoms with E-state index in [-0.39, 0.29) is 0 Å². The monoisotopic (exact) mass is 247 g/mol. The van der Waals surface area contributed by atoms with Crippen LogP contribution >= 0.6 is 11.6 Å². The minimum Gasteiger partial charge on any atom is -0.250 e. The highest BCUT2D eigenvalue weighted by Crippen LogP contribution is 2.17. The molecule has 0 saturated heterocycles. The van der Waals surface area contributed by atoms with Gasteiger partial charge in [0.1, 0.15) is 6.67 Å². The van der Waals surface area contributed by atoms with Crippen LogP contribution in [0, 0.1) is 0 Å². The molecule has 1 nitrogen and oxygen atoms in total. The van der Waals surface area contributed by atoms with Crippen molar-refractivity contribution in [3.8, 4) is 0 Å². The van der Waals surface area contributed by atoms with Gasteiger partial charge in [0.25, 0.3) is 0 Å². The fourth-order valence-electron chi connectivity index (χ4n) is 1.47. The van der Waals surface area contributed by atoms with Crippen molar-refractivity contribution >= 4 is 23.0 Å². The summed E-state index contributed by atoms with van der Waals surface area (Å²) in [5.41, 5.74) is 1.92. The van der Waals surface area contributed by atoms with E-state index in [0.29, 0.717) is 16.4 Å². The lowest BCUT2D eigenvalue weighted by atomic mass is 10.1. The predicted molar refractivity (Wildman–Crippen MR) is 70.1 cm³/mol. The molecule has 0 atom stereocenters. The molecule has 0 N–H and O–H groups in total. The fourth-order valence-corrected chi connectivity index (χ4v) is 1.60. The maximum atomic E-state index is 13.0. The molecule has 0 heterocycles. The van der Waals surface area contributed by atoms with Gasteiger partial charge in [0.15, 0.2) is 0 Å². The van der Waals surface area contributed by atoms with Crippen molar-refractivity contribution in [1.29, 1.82) is 0 Å². The summed E-state index contributed by atoms with van der Waals surface area (Å²) in [7, 11) is 0. The molecular formula is C14H11ClFN. The van der Waals surface area contributed by atoms with Crippen LogP contribution in [-0.4, -0.2) is 12.4 Å². The van der Waals surface area contributed by atoms with Crippen LogP contribution in [0.25, 0.3) is 0 Å². The molecule has 0 fully saturated rings. The number of aliphatic imine (C=N–C) groups is 1. The molecule has 0 aliphatic carbocycles. The molecule has 0 amide bonds. The van der Waals surface area contributed by atoms with Crippen LogP contribution in [0.2, 0.25) is 5.02 Å². The second kappa shape index (κ2) is 5.60. The number of hydrogen-bond acceptors (Lipinski definition) is 1. The highest BCUT2D eigenvalue weighted by Gasteiger charge is 2.02. The number of alkyl halides is 1. The average molecular weight is 248 g/mol. The summed E-state index contributed by atoms with van der Waals surface area (Å²) >= 11 is 5.78. The Morgan fingerprint density at radius 3 is 2.24 bits per heavy atom. The highest BCUT2D eigenvalue weighted by atomic mass is 35.5. The van der Waals surface area contributed by atoms with E-state index in [1.807, 2.05) is 30.3 Å². The maximum Gasteiger partial charge on any atom is 0.132 e. The third-order valence-electron chi connectivity index (χ3n) is 2.32. The summed E-state index contributed by atoms with van der Waals surface area (Å²) in [5.74, 6) is 0. The van der Waals surface area contributed by atoms with Crippen LogP contribution < -0.4 is 0 Å². The fraction of sp³-hybridized carbons (Fsp3) is 0.0714. The Bertz CT molecular complexity index is 506. The Morgan fingerprint density at radius 2 is 1.65 bits per heavy atom. The van der Waals surface area contributed by atoms with Crippen LogP contribution in [0.4, 0.5) is 10.1 Å². The molecule has 2 aromatic carbocycles. The van der Waals surface area contributed by atoms with Crippen LogP contribution in [0.3, 0.4) is 0 Å². The first-order chi connectivity index (χ1) is 8.29. The Morgan fingerprint density at radius 1 is 1.00 bits per heavy atom. The zero-order valence-corrected chi connectivity index (χ0v) is 9.86. The minimum atomic E-state index is -0.591. The second-order valence-electron chi connectivity index (χ2n) is 3.53. The van der Waals surface area contributed by atoms with Crippen molar-refractivity contribution in [1.82, 2.24) is 0 Å². The molecule has 2 rings (SSSR count). The van der Waals surface area contributed by atoms with Crippen LogP contribution in [0.15, 0.2) is 59.6 Å². The average Bonchev–Trinajstić information content (AvgIpc) is 2.39. The van der Waals surface area contributed by atoms with Gasteiger partial charge in [-0.3, -0.25) is 4.99 Å². The SMILES string of the molecule is FCC(=Nc1ccc(Cl)cc1)c1ccccc1. The number of nitrogens with zero attached hydrogens (tertiary/aromatic N) is 1.